The van der Waals surface area contributed by atoms with Crippen LogP contribution in [0.1, 0.15) is 16.9 Å². The van der Waals surface area contributed by atoms with Crippen LogP contribution in [0, 0.1) is 12.8 Å². The maximum absolute atomic E-state index is 5.95. The molecule has 98 valence electrons. The highest BCUT2D eigenvalue weighted by Gasteiger charge is 2.53. The zero-order valence-corrected chi connectivity index (χ0v) is 12.2. The largest absolute Gasteiger partial charge is 0.493 e. The summed E-state index contributed by atoms with van der Waals surface area (Å²) in [5.41, 5.74) is 2.54. The Morgan fingerprint density at radius 2 is 2.26 bits per heavy atom. The number of hydrogen-bond acceptors (Lipinski definition) is 4. The van der Waals surface area contributed by atoms with Crippen molar-refractivity contribution in [3.8, 4) is 5.75 Å². The molecule has 1 aromatic heterocycles. The third-order valence-corrected chi connectivity index (χ3v) is 7.12. The Kier molecular flexibility index (Phi) is 2.64. The fraction of sp³-hybridized carbons (Fsp3) is 0.333. The van der Waals surface area contributed by atoms with Crippen LogP contribution in [0.4, 0.5) is 0 Å². The smallest absolute Gasteiger partial charge is 0.125 e. The lowest BCUT2D eigenvalue weighted by Crippen LogP contribution is -2.38. The summed E-state index contributed by atoms with van der Waals surface area (Å²) >= 11 is 0. The van der Waals surface area contributed by atoms with Gasteiger partial charge in [0.2, 0.25) is 0 Å². The lowest BCUT2D eigenvalue weighted by molar-refractivity contribution is 0.199. The average Bonchev–Trinajstić information content (AvgIpc) is 3.08. The average molecular weight is 290 g/mol. The molecule has 2 nitrogen and oxygen atoms in total. The predicted molar refractivity (Wildman–Crippen MR) is 79.7 cm³/mol. The molecular formula is C15H14O2S2. The number of benzene rings is 1. The number of furan rings is 1. The summed E-state index contributed by atoms with van der Waals surface area (Å²) in [6, 6.07) is 10.5. The van der Waals surface area contributed by atoms with Gasteiger partial charge in [-0.15, -0.1) is 0 Å². The second-order valence-corrected chi connectivity index (χ2v) is 7.68. The molecule has 1 fully saturated rings. The first-order valence-electron chi connectivity index (χ1n) is 6.39. The van der Waals surface area contributed by atoms with Crippen LogP contribution in [0.5, 0.6) is 5.75 Å². The van der Waals surface area contributed by atoms with Crippen LogP contribution in [0.15, 0.2) is 41.0 Å². The van der Waals surface area contributed by atoms with Crippen molar-refractivity contribution in [1.82, 2.24) is 0 Å². The van der Waals surface area contributed by atoms with E-state index in [-0.39, 0.29) is 4.75 Å². The topological polar surface area (TPSA) is 22.4 Å². The molecule has 0 spiro atoms. The Morgan fingerprint density at radius 1 is 1.32 bits per heavy atom. The van der Waals surface area contributed by atoms with Crippen molar-refractivity contribution >= 4 is 21.6 Å². The van der Waals surface area contributed by atoms with Crippen molar-refractivity contribution in [2.24, 2.45) is 5.92 Å². The predicted octanol–water partition coefficient (Wildman–Crippen LogP) is 4.24. The molecule has 1 saturated heterocycles. The number of aryl methyl sites for hydroxylation is 1. The van der Waals surface area contributed by atoms with Crippen molar-refractivity contribution in [3.05, 3.63) is 53.5 Å². The second kappa shape index (κ2) is 4.25. The van der Waals surface area contributed by atoms with Crippen LogP contribution in [0.2, 0.25) is 0 Å². The fourth-order valence-corrected chi connectivity index (χ4v) is 6.72. The van der Waals surface area contributed by atoms with Crippen molar-refractivity contribution < 1.29 is 9.15 Å². The van der Waals surface area contributed by atoms with Crippen LogP contribution in [0.25, 0.3) is 0 Å². The highest BCUT2D eigenvalue weighted by Crippen LogP contribution is 2.63. The SMILES string of the molecule is Cc1ccc2c(c1)[C@@]1(c3ccco3)SSC[C@H]1CO2. The summed E-state index contributed by atoms with van der Waals surface area (Å²) in [5.74, 6) is 3.65. The van der Waals surface area contributed by atoms with Gasteiger partial charge in [0, 0.05) is 17.2 Å². The molecular weight excluding hydrogens is 276 g/mol. The molecule has 3 heterocycles. The molecule has 4 rings (SSSR count). The van der Waals surface area contributed by atoms with Gasteiger partial charge in [-0.2, -0.15) is 0 Å². The van der Waals surface area contributed by atoms with Crippen LogP contribution >= 0.6 is 21.6 Å². The van der Waals surface area contributed by atoms with Gasteiger partial charge in [0.25, 0.3) is 0 Å². The molecule has 2 atom stereocenters. The van der Waals surface area contributed by atoms with Gasteiger partial charge in [0.1, 0.15) is 16.3 Å². The van der Waals surface area contributed by atoms with Crippen molar-refractivity contribution in [1.29, 1.82) is 0 Å². The molecule has 0 amide bonds. The van der Waals surface area contributed by atoms with Gasteiger partial charge in [0.15, 0.2) is 0 Å². The van der Waals surface area contributed by atoms with Gasteiger partial charge in [-0.05, 0) is 25.1 Å². The fourth-order valence-electron chi connectivity index (χ4n) is 2.94. The Labute approximate surface area is 120 Å². The van der Waals surface area contributed by atoms with Gasteiger partial charge < -0.3 is 9.15 Å². The highest BCUT2D eigenvalue weighted by molar-refractivity contribution is 8.77. The van der Waals surface area contributed by atoms with Gasteiger partial charge in [-0.1, -0.05) is 39.3 Å². The maximum atomic E-state index is 5.95. The molecule has 2 aromatic rings. The molecule has 0 bridgehead atoms. The molecule has 0 aliphatic carbocycles. The Hall–Kier alpha value is -1.00. The van der Waals surface area contributed by atoms with E-state index >= 15 is 0 Å². The Bertz CT molecular complexity index is 609. The molecule has 2 aliphatic rings. The molecule has 0 N–H and O–H groups in total. The molecule has 0 saturated carbocycles. The normalized spacial score (nSPS) is 28.6. The summed E-state index contributed by atoms with van der Waals surface area (Å²) in [6.45, 7) is 2.91. The quantitative estimate of drug-likeness (QED) is 0.733. The van der Waals surface area contributed by atoms with Gasteiger partial charge >= 0.3 is 0 Å². The first kappa shape index (κ1) is 11.8. The summed E-state index contributed by atoms with van der Waals surface area (Å²) in [7, 11) is 3.85. The summed E-state index contributed by atoms with van der Waals surface area (Å²) < 4.78 is 11.7. The Morgan fingerprint density at radius 3 is 3.11 bits per heavy atom. The monoisotopic (exact) mass is 290 g/mol. The van der Waals surface area contributed by atoms with Crippen molar-refractivity contribution in [2.45, 2.75) is 11.7 Å². The van der Waals surface area contributed by atoms with E-state index in [1.165, 1.54) is 11.1 Å². The van der Waals surface area contributed by atoms with E-state index in [2.05, 4.69) is 31.2 Å². The minimum absolute atomic E-state index is 0.0756. The maximum Gasteiger partial charge on any atom is 0.125 e. The van der Waals surface area contributed by atoms with E-state index in [0.717, 1.165) is 23.9 Å². The van der Waals surface area contributed by atoms with E-state index in [4.69, 9.17) is 9.15 Å². The number of ether oxygens (including phenoxy) is 1. The molecule has 0 unspecified atom stereocenters. The highest BCUT2D eigenvalue weighted by atomic mass is 33.1. The Balaban J connectivity index is 1.98. The van der Waals surface area contributed by atoms with E-state index in [1.807, 2.05) is 27.7 Å². The summed E-state index contributed by atoms with van der Waals surface area (Å²) in [6.07, 6.45) is 1.77. The first-order chi connectivity index (χ1) is 9.30. The van der Waals surface area contributed by atoms with Crippen LogP contribution < -0.4 is 4.74 Å². The van der Waals surface area contributed by atoms with Crippen LogP contribution in [0.3, 0.4) is 0 Å². The van der Waals surface area contributed by atoms with Gasteiger partial charge in [-0.3, -0.25) is 0 Å². The van der Waals surface area contributed by atoms with E-state index in [9.17, 15) is 0 Å². The van der Waals surface area contributed by atoms with Crippen LogP contribution in [-0.4, -0.2) is 12.4 Å². The first-order valence-corrected chi connectivity index (χ1v) is 8.71. The lowest BCUT2D eigenvalue weighted by Gasteiger charge is -2.37. The molecule has 1 aromatic carbocycles. The number of rotatable bonds is 1. The van der Waals surface area contributed by atoms with E-state index in [0.29, 0.717) is 5.92 Å². The molecule has 0 radical (unpaired) electrons. The van der Waals surface area contributed by atoms with Gasteiger partial charge in [-0.25, -0.2) is 0 Å². The van der Waals surface area contributed by atoms with Crippen molar-refractivity contribution in [3.63, 3.8) is 0 Å². The number of fused-ring (bicyclic) bond motifs is 3. The standard InChI is InChI=1S/C15H14O2S2/c1-10-4-5-13-12(7-10)15(14-3-2-6-16-14)11(8-17-13)9-18-19-15/h2-7,11H,8-9H2,1H3/t11-,15+/m1/s1. The third-order valence-electron chi connectivity index (χ3n) is 3.90. The van der Waals surface area contributed by atoms with Gasteiger partial charge in [0.05, 0.1) is 12.9 Å². The van der Waals surface area contributed by atoms with E-state index in [1.54, 1.807) is 6.26 Å². The molecule has 19 heavy (non-hydrogen) atoms. The minimum Gasteiger partial charge on any atom is -0.493 e. The summed E-state index contributed by atoms with van der Waals surface area (Å²) in [4.78, 5) is 0. The third kappa shape index (κ3) is 1.59. The summed E-state index contributed by atoms with van der Waals surface area (Å²) in [5, 5.41) is 0. The molecule has 2 aliphatic heterocycles. The second-order valence-electron chi connectivity index (χ2n) is 5.09. The van der Waals surface area contributed by atoms with Crippen molar-refractivity contribution in [2.75, 3.05) is 12.4 Å². The zero-order valence-electron chi connectivity index (χ0n) is 10.6. The lowest BCUT2D eigenvalue weighted by atomic mass is 9.81. The number of hydrogen-bond donors (Lipinski definition) is 0. The molecule has 4 heteroatoms. The van der Waals surface area contributed by atoms with E-state index < -0.39 is 0 Å². The van der Waals surface area contributed by atoms with Crippen LogP contribution in [-0.2, 0) is 4.75 Å². The minimum atomic E-state index is -0.0756. The zero-order chi connectivity index (χ0) is 12.9.